The van der Waals surface area contributed by atoms with E-state index in [2.05, 4.69) is 63.3 Å². The minimum atomic E-state index is 0.0290. The Bertz CT molecular complexity index is 516. The van der Waals surface area contributed by atoms with Crippen LogP contribution in [0.15, 0.2) is 28.2 Å². The van der Waals surface area contributed by atoms with Gasteiger partial charge in [-0.15, -0.1) is 11.3 Å². The zero-order valence-electron chi connectivity index (χ0n) is 11.3. The number of aromatic nitrogens is 2. The van der Waals surface area contributed by atoms with Crippen molar-refractivity contribution < 1.29 is 0 Å². The van der Waals surface area contributed by atoms with Gasteiger partial charge in [-0.3, -0.25) is 4.68 Å². The molecule has 1 atom stereocenters. The zero-order valence-corrected chi connectivity index (χ0v) is 13.7. The van der Waals surface area contributed by atoms with Gasteiger partial charge in [0.1, 0.15) is 0 Å². The van der Waals surface area contributed by atoms with Gasteiger partial charge in [0.05, 0.1) is 11.7 Å². The van der Waals surface area contributed by atoms with Gasteiger partial charge in [0, 0.05) is 33.4 Å². The van der Waals surface area contributed by atoms with Crippen molar-refractivity contribution in [3.8, 4) is 0 Å². The second kappa shape index (κ2) is 6.68. The number of halogens is 1. The Morgan fingerprint density at radius 1 is 1.42 bits per heavy atom. The normalized spacial score (nSPS) is 13.1. The summed E-state index contributed by atoms with van der Waals surface area (Å²) in [5.74, 6) is 0. The lowest BCUT2D eigenvalue weighted by molar-refractivity contribution is 0.424. The molecule has 1 unspecified atom stereocenters. The predicted molar refractivity (Wildman–Crippen MR) is 84.5 cm³/mol. The van der Waals surface area contributed by atoms with E-state index in [1.54, 1.807) is 11.3 Å². The van der Waals surface area contributed by atoms with Crippen molar-refractivity contribution in [2.75, 3.05) is 0 Å². The van der Waals surface area contributed by atoms with Gasteiger partial charge in [-0.25, -0.2) is 0 Å². The SMILES string of the molecule is CCC(CC)n1ccc(CC(N)c2cc(Br)cs2)n1. The monoisotopic (exact) mass is 341 g/mol. The van der Waals surface area contributed by atoms with Gasteiger partial charge >= 0.3 is 0 Å². The molecular weight excluding hydrogens is 322 g/mol. The molecule has 0 saturated heterocycles. The van der Waals surface area contributed by atoms with Gasteiger partial charge in [-0.2, -0.15) is 5.10 Å². The van der Waals surface area contributed by atoms with Crippen LogP contribution in [-0.4, -0.2) is 9.78 Å². The summed E-state index contributed by atoms with van der Waals surface area (Å²) in [6, 6.07) is 4.70. The summed E-state index contributed by atoms with van der Waals surface area (Å²) in [7, 11) is 0. The molecule has 0 spiro atoms. The van der Waals surface area contributed by atoms with Crippen molar-refractivity contribution in [1.82, 2.24) is 9.78 Å². The number of nitrogens with two attached hydrogens (primary N) is 1. The highest BCUT2D eigenvalue weighted by Crippen LogP contribution is 2.26. The van der Waals surface area contributed by atoms with E-state index in [0.717, 1.165) is 29.4 Å². The van der Waals surface area contributed by atoms with Gasteiger partial charge < -0.3 is 5.73 Å². The molecule has 2 aromatic heterocycles. The second-order valence-corrected chi connectivity index (χ2v) is 6.59. The van der Waals surface area contributed by atoms with Gasteiger partial charge in [-0.1, -0.05) is 13.8 Å². The fourth-order valence-electron chi connectivity index (χ4n) is 2.20. The Balaban J connectivity index is 2.03. The molecule has 2 N–H and O–H groups in total. The molecule has 0 aromatic carbocycles. The first-order valence-corrected chi connectivity index (χ1v) is 8.34. The molecule has 2 aromatic rings. The van der Waals surface area contributed by atoms with Crippen molar-refractivity contribution in [3.05, 3.63) is 38.8 Å². The quantitative estimate of drug-likeness (QED) is 0.850. The van der Waals surface area contributed by atoms with Crippen LogP contribution >= 0.6 is 27.3 Å². The smallest absolute Gasteiger partial charge is 0.0643 e. The molecule has 19 heavy (non-hydrogen) atoms. The molecule has 0 saturated carbocycles. The van der Waals surface area contributed by atoms with Crippen molar-refractivity contribution in [1.29, 1.82) is 0 Å². The summed E-state index contributed by atoms with van der Waals surface area (Å²) in [6.07, 6.45) is 5.09. The number of rotatable bonds is 6. The molecule has 0 aliphatic carbocycles. The lowest BCUT2D eigenvalue weighted by Gasteiger charge is -2.12. The first-order valence-electron chi connectivity index (χ1n) is 6.67. The fraction of sp³-hybridized carbons (Fsp3) is 0.500. The lowest BCUT2D eigenvalue weighted by atomic mass is 10.1. The highest BCUT2D eigenvalue weighted by molar-refractivity contribution is 9.10. The minimum Gasteiger partial charge on any atom is -0.323 e. The van der Waals surface area contributed by atoms with Crippen LogP contribution in [0.3, 0.4) is 0 Å². The first-order chi connectivity index (χ1) is 9.13. The Morgan fingerprint density at radius 2 is 2.16 bits per heavy atom. The lowest BCUT2D eigenvalue weighted by Crippen LogP contribution is -2.13. The van der Waals surface area contributed by atoms with E-state index in [1.165, 1.54) is 4.88 Å². The Kier molecular flexibility index (Phi) is 5.19. The van der Waals surface area contributed by atoms with Crippen LogP contribution < -0.4 is 5.73 Å². The van der Waals surface area contributed by atoms with Crippen molar-refractivity contribution in [3.63, 3.8) is 0 Å². The summed E-state index contributed by atoms with van der Waals surface area (Å²) in [5.41, 5.74) is 7.30. The molecule has 0 aliphatic heterocycles. The van der Waals surface area contributed by atoms with Gasteiger partial charge in [0.15, 0.2) is 0 Å². The Morgan fingerprint density at radius 3 is 2.74 bits per heavy atom. The Hall–Kier alpha value is -0.650. The summed E-state index contributed by atoms with van der Waals surface area (Å²) in [6.45, 7) is 4.40. The van der Waals surface area contributed by atoms with E-state index in [-0.39, 0.29) is 6.04 Å². The van der Waals surface area contributed by atoms with Crippen LogP contribution in [0.5, 0.6) is 0 Å². The molecule has 104 valence electrons. The number of thiophene rings is 1. The number of nitrogens with zero attached hydrogens (tertiary/aromatic N) is 2. The van der Waals surface area contributed by atoms with Crippen molar-refractivity contribution in [2.45, 2.75) is 45.2 Å². The Labute approximate surface area is 126 Å². The van der Waals surface area contributed by atoms with Crippen LogP contribution in [0, 0.1) is 0 Å². The third-order valence-electron chi connectivity index (χ3n) is 3.36. The van der Waals surface area contributed by atoms with E-state index in [9.17, 15) is 0 Å². The van der Waals surface area contributed by atoms with Gasteiger partial charge in [0.25, 0.3) is 0 Å². The number of hydrogen-bond acceptors (Lipinski definition) is 3. The maximum absolute atomic E-state index is 6.23. The summed E-state index contributed by atoms with van der Waals surface area (Å²) in [4.78, 5) is 1.20. The highest BCUT2D eigenvalue weighted by Gasteiger charge is 2.13. The number of hydrogen-bond donors (Lipinski definition) is 1. The second-order valence-electron chi connectivity index (χ2n) is 4.74. The summed E-state index contributed by atoms with van der Waals surface area (Å²) >= 11 is 5.16. The molecule has 0 radical (unpaired) electrons. The van der Waals surface area contributed by atoms with Crippen LogP contribution in [0.4, 0.5) is 0 Å². The van der Waals surface area contributed by atoms with Crippen LogP contribution in [0.25, 0.3) is 0 Å². The standard InChI is InChI=1S/C14H20BrN3S/c1-3-12(4-2)18-6-5-11(17-18)8-13(16)14-7-10(15)9-19-14/h5-7,9,12-13H,3-4,8,16H2,1-2H3. The van der Waals surface area contributed by atoms with E-state index in [0.29, 0.717) is 6.04 Å². The molecular formula is C14H20BrN3S. The van der Waals surface area contributed by atoms with E-state index in [4.69, 9.17) is 5.73 Å². The average Bonchev–Trinajstić information content (AvgIpc) is 3.00. The van der Waals surface area contributed by atoms with Gasteiger partial charge in [0.2, 0.25) is 0 Å². The van der Waals surface area contributed by atoms with Crippen molar-refractivity contribution in [2.24, 2.45) is 5.73 Å². The minimum absolute atomic E-state index is 0.0290. The average molecular weight is 342 g/mol. The molecule has 0 fully saturated rings. The summed E-state index contributed by atoms with van der Waals surface area (Å²) < 4.78 is 3.18. The molecule has 0 bridgehead atoms. The fourth-order valence-corrected chi connectivity index (χ4v) is 3.65. The molecule has 0 amide bonds. The molecule has 2 rings (SSSR count). The summed E-state index contributed by atoms with van der Waals surface area (Å²) in [5, 5.41) is 6.72. The first kappa shape index (κ1) is 14.8. The van der Waals surface area contributed by atoms with Crippen LogP contribution in [0.2, 0.25) is 0 Å². The van der Waals surface area contributed by atoms with Crippen LogP contribution in [0.1, 0.15) is 49.3 Å². The maximum Gasteiger partial charge on any atom is 0.0643 e. The van der Waals surface area contributed by atoms with E-state index < -0.39 is 0 Å². The highest BCUT2D eigenvalue weighted by atomic mass is 79.9. The topological polar surface area (TPSA) is 43.8 Å². The molecule has 0 aliphatic rings. The van der Waals surface area contributed by atoms with E-state index >= 15 is 0 Å². The third-order valence-corrected chi connectivity index (χ3v) is 5.19. The largest absolute Gasteiger partial charge is 0.323 e. The van der Waals surface area contributed by atoms with E-state index in [1.807, 2.05) is 0 Å². The third kappa shape index (κ3) is 3.68. The molecule has 3 nitrogen and oxygen atoms in total. The predicted octanol–water partition coefficient (Wildman–Crippen LogP) is 4.31. The van der Waals surface area contributed by atoms with Gasteiger partial charge in [-0.05, 0) is 40.9 Å². The molecule has 5 heteroatoms. The molecule has 2 heterocycles. The zero-order chi connectivity index (χ0) is 13.8. The van der Waals surface area contributed by atoms with Crippen molar-refractivity contribution >= 4 is 27.3 Å². The van der Waals surface area contributed by atoms with Crippen LogP contribution in [-0.2, 0) is 6.42 Å². The maximum atomic E-state index is 6.23.